The molecule has 2 aliphatic heterocycles. The smallest absolute Gasteiger partial charge is 0.262 e. The molecule has 2 aliphatic rings. The lowest BCUT2D eigenvalue weighted by Gasteiger charge is -2.23. The fraction of sp³-hybridized carbons (Fsp3) is 0.292. The van der Waals surface area contributed by atoms with Gasteiger partial charge in [-0.25, -0.2) is 5.01 Å². The Morgan fingerprint density at radius 1 is 1.21 bits per heavy atom. The highest BCUT2D eigenvalue weighted by atomic mass is 32.2. The van der Waals surface area contributed by atoms with Crippen LogP contribution in [0.5, 0.6) is 5.75 Å². The van der Waals surface area contributed by atoms with E-state index in [1.807, 2.05) is 31.2 Å². The number of carboxylic acid groups (broad SMARTS) is 1. The van der Waals surface area contributed by atoms with Crippen LogP contribution in [-0.4, -0.2) is 50.1 Å². The standard InChI is InChI=1S/C24H24N4O5S/c1-13-3-5-15(6-4-13)18-11-19(16-7-9-17(29)10-8-16)28(27-18)24-26-22(31)20(34-24)12-21(30)25-14(2)23(32)33/h3-10,14,19-20,29H,11-12H2,1-2H3,(H,25,30)(H,32,33)/p-1. The molecule has 2 amide bonds. The number of phenolic OH excluding ortho intramolecular Hbond substituents is 1. The molecule has 3 unspecified atom stereocenters. The van der Waals surface area contributed by atoms with Crippen LogP contribution in [0.2, 0.25) is 0 Å². The number of carbonyl (C=O) groups is 3. The van der Waals surface area contributed by atoms with E-state index in [0.717, 1.165) is 34.2 Å². The van der Waals surface area contributed by atoms with Crippen molar-refractivity contribution in [1.82, 2.24) is 10.3 Å². The summed E-state index contributed by atoms with van der Waals surface area (Å²) in [5, 5.41) is 28.9. The molecule has 2 aromatic carbocycles. The summed E-state index contributed by atoms with van der Waals surface area (Å²) in [6, 6.07) is 13.4. The zero-order valence-electron chi connectivity index (χ0n) is 18.6. The summed E-state index contributed by atoms with van der Waals surface area (Å²) < 4.78 is 0. The van der Waals surface area contributed by atoms with Gasteiger partial charge in [-0.15, -0.1) is 0 Å². The number of rotatable bonds is 6. The number of amidine groups is 1. The second-order valence-electron chi connectivity index (χ2n) is 8.22. The first kappa shape index (κ1) is 23.5. The quantitative estimate of drug-likeness (QED) is 0.641. The van der Waals surface area contributed by atoms with Gasteiger partial charge in [0.2, 0.25) is 5.91 Å². The van der Waals surface area contributed by atoms with E-state index >= 15 is 0 Å². The maximum atomic E-state index is 12.5. The molecule has 0 saturated carbocycles. The van der Waals surface area contributed by atoms with E-state index < -0.39 is 29.1 Å². The Morgan fingerprint density at radius 2 is 1.88 bits per heavy atom. The van der Waals surface area contributed by atoms with Crippen molar-refractivity contribution >= 4 is 40.4 Å². The van der Waals surface area contributed by atoms with Crippen LogP contribution in [-0.2, 0) is 14.4 Å². The highest BCUT2D eigenvalue weighted by molar-refractivity contribution is 8.15. The van der Waals surface area contributed by atoms with Crippen molar-refractivity contribution in [2.24, 2.45) is 10.1 Å². The minimum absolute atomic E-state index is 0.146. The molecular formula is C24H23N4O5S-. The van der Waals surface area contributed by atoms with Gasteiger partial charge >= 0.3 is 0 Å². The van der Waals surface area contributed by atoms with E-state index in [0.29, 0.717) is 11.6 Å². The highest BCUT2D eigenvalue weighted by Crippen LogP contribution is 2.38. The summed E-state index contributed by atoms with van der Waals surface area (Å²) in [5.41, 5.74) is 3.81. The third-order valence-corrected chi connectivity index (χ3v) is 6.74. The maximum absolute atomic E-state index is 12.5. The predicted octanol–water partition coefficient (Wildman–Crippen LogP) is 1.49. The first-order valence-electron chi connectivity index (χ1n) is 10.7. The van der Waals surface area contributed by atoms with E-state index in [4.69, 9.17) is 5.10 Å². The van der Waals surface area contributed by atoms with E-state index in [1.54, 1.807) is 29.3 Å². The summed E-state index contributed by atoms with van der Waals surface area (Å²) in [6.45, 7) is 3.30. The second-order valence-corrected chi connectivity index (χ2v) is 9.39. The lowest BCUT2D eigenvalue weighted by atomic mass is 9.98. The normalized spacial score (nSPS) is 20.6. The van der Waals surface area contributed by atoms with Gasteiger partial charge < -0.3 is 20.3 Å². The summed E-state index contributed by atoms with van der Waals surface area (Å²) in [7, 11) is 0. The largest absolute Gasteiger partial charge is 0.548 e. The van der Waals surface area contributed by atoms with Crippen LogP contribution in [0.4, 0.5) is 0 Å². The van der Waals surface area contributed by atoms with E-state index in [-0.39, 0.29) is 18.2 Å². The summed E-state index contributed by atoms with van der Waals surface area (Å²) in [4.78, 5) is 39.8. The minimum atomic E-state index is -1.40. The number of nitrogens with one attached hydrogen (secondary N) is 1. The summed E-state index contributed by atoms with van der Waals surface area (Å²) >= 11 is 1.13. The Kier molecular flexibility index (Phi) is 6.69. The number of amides is 2. The minimum Gasteiger partial charge on any atom is -0.548 e. The maximum Gasteiger partial charge on any atom is 0.262 e. The van der Waals surface area contributed by atoms with Crippen LogP contribution in [0.1, 0.15) is 42.5 Å². The first-order valence-corrected chi connectivity index (χ1v) is 11.6. The van der Waals surface area contributed by atoms with Crippen molar-refractivity contribution in [2.45, 2.75) is 44.0 Å². The average molecular weight is 480 g/mol. The molecule has 2 heterocycles. The van der Waals surface area contributed by atoms with Crippen LogP contribution in [0.3, 0.4) is 0 Å². The van der Waals surface area contributed by atoms with Crippen LogP contribution in [0.25, 0.3) is 0 Å². The summed E-state index contributed by atoms with van der Waals surface area (Å²) in [6.07, 6.45) is 0.357. The molecule has 4 rings (SSSR count). The van der Waals surface area contributed by atoms with Gasteiger partial charge in [0.15, 0.2) is 5.17 Å². The number of carbonyl (C=O) groups excluding carboxylic acids is 3. The van der Waals surface area contributed by atoms with E-state index in [2.05, 4.69) is 10.3 Å². The Balaban J connectivity index is 1.56. The average Bonchev–Trinajstić information content (AvgIpc) is 3.39. The van der Waals surface area contributed by atoms with Crippen LogP contribution in [0.15, 0.2) is 58.6 Å². The SMILES string of the molecule is Cc1ccc(C2=NN(C3=NC(=O)C(CC(=O)NC(C)C(=O)[O-])S3)C(c3ccc(O)cc3)C2)cc1. The molecule has 10 heteroatoms. The molecule has 0 radical (unpaired) electrons. The molecule has 0 fully saturated rings. The molecule has 0 saturated heterocycles. The number of hydrogen-bond donors (Lipinski definition) is 2. The van der Waals surface area contributed by atoms with Crippen molar-refractivity contribution in [3.63, 3.8) is 0 Å². The lowest BCUT2D eigenvalue weighted by molar-refractivity contribution is -0.307. The van der Waals surface area contributed by atoms with Gasteiger partial charge in [0.25, 0.3) is 5.91 Å². The number of aromatic hydroxyl groups is 1. The molecule has 3 atom stereocenters. The zero-order valence-corrected chi connectivity index (χ0v) is 19.4. The fourth-order valence-corrected chi connectivity index (χ4v) is 4.76. The zero-order chi connectivity index (χ0) is 24.4. The third kappa shape index (κ3) is 5.12. The van der Waals surface area contributed by atoms with Crippen molar-refractivity contribution in [3.8, 4) is 5.75 Å². The predicted molar refractivity (Wildman–Crippen MR) is 126 cm³/mol. The number of aliphatic carboxylic acids is 1. The number of carboxylic acids is 1. The Morgan fingerprint density at radius 3 is 2.53 bits per heavy atom. The number of thioether (sulfide) groups is 1. The molecule has 9 nitrogen and oxygen atoms in total. The lowest BCUT2D eigenvalue weighted by Crippen LogP contribution is -2.46. The Bertz CT molecular complexity index is 1180. The highest BCUT2D eigenvalue weighted by Gasteiger charge is 2.39. The molecule has 0 bridgehead atoms. The number of hydrazone groups is 1. The molecule has 2 aromatic rings. The van der Waals surface area contributed by atoms with Gasteiger partial charge in [0, 0.05) is 12.8 Å². The van der Waals surface area contributed by atoms with Crippen LogP contribution >= 0.6 is 11.8 Å². The molecular weight excluding hydrogens is 456 g/mol. The van der Waals surface area contributed by atoms with Crippen molar-refractivity contribution < 1.29 is 24.6 Å². The summed E-state index contributed by atoms with van der Waals surface area (Å²) in [5.74, 6) is -2.30. The molecule has 34 heavy (non-hydrogen) atoms. The van der Waals surface area contributed by atoms with E-state index in [1.165, 1.54) is 6.92 Å². The van der Waals surface area contributed by atoms with Gasteiger partial charge in [-0.1, -0.05) is 53.7 Å². The Hall–Kier alpha value is -3.66. The molecule has 0 spiro atoms. The third-order valence-electron chi connectivity index (χ3n) is 5.60. The number of benzene rings is 2. The first-order chi connectivity index (χ1) is 16.2. The molecule has 176 valence electrons. The second kappa shape index (κ2) is 9.68. The van der Waals surface area contributed by atoms with Gasteiger partial charge in [-0.05, 0) is 37.1 Å². The number of nitrogens with zero attached hydrogens (tertiary/aromatic N) is 3. The van der Waals surface area contributed by atoms with Crippen LogP contribution < -0.4 is 10.4 Å². The van der Waals surface area contributed by atoms with Gasteiger partial charge in [0.1, 0.15) is 11.0 Å². The van der Waals surface area contributed by atoms with Crippen molar-refractivity contribution in [3.05, 3.63) is 65.2 Å². The number of aryl methyl sites for hydroxylation is 1. The van der Waals surface area contributed by atoms with Crippen molar-refractivity contribution in [2.75, 3.05) is 0 Å². The van der Waals surface area contributed by atoms with Crippen molar-refractivity contribution in [1.29, 1.82) is 0 Å². The molecule has 0 aliphatic carbocycles. The van der Waals surface area contributed by atoms with Gasteiger partial charge in [-0.3, -0.25) is 9.59 Å². The monoisotopic (exact) mass is 479 g/mol. The number of phenols is 1. The fourth-order valence-electron chi connectivity index (χ4n) is 3.70. The van der Waals surface area contributed by atoms with Crippen LogP contribution in [0, 0.1) is 6.92 Å². The topological polar surface area (TPSA) is 134 Å². The number of hydrogen-bond acceptors (Lipinski definition) is 8. The molecule has 2 N–H and O–H groups in total. The van der Waals surface area contributed by atoms with Gasteiger partial charge in [-0.2, -0.15) is 10.1 Å². The number of aliphatic imine (C=N–C) groups is 1. The van der Waals surface area contributed by atoms with E-state index in [9.17, 15) is 24.6 Å². The van der Waals surface area contributed by atoms with Gasteiger partial charge in [0.05, 0.1) is 23.8 Å². The molecule has 0 aromatic heterocycles. The Labute approximate surface area is 200 Å².